The maximum Gasteiger partial charge on any atom is 0.204 e. The first-order valence-electron chi connectivity index (χ1n) is 10.7. The molecule has 0 unspecified atom stereocenters. The number of rotatable bonds is 9. The Morgan fingerprint density at radius 1 is 0.897 bits per heavy atom. The molecule has 0 atom stereocenters. The number of aromatic nitrogens is 2. The van der Waals surface area contributed by atoms with Gasteiger partial charge in [0.15, 0.2) is 0 Å². The lowest BCUT2D eigenvalue weighted by molar-refractivity contribution is 0.470. The lowest BCUT2D eigenvalue weighted by Gasteiger charge is -2.13. The summed E-state index contributed by atoms with van der Waals surface area (Å²) in [6.45, 7) is 3.73. The SMILES string of the molecule is CCCCCCCn1c(NCc2c(O)ccc3ccccc23)nc2ccccc21. The predicted molar refractivity (Wildman–Crippen MR) is 121 cm³/mol. The average Bonchev–Trinajstić information content (AvgIpc) is 3.10. The highest BCUT2D eigenvalue weighted by molar-refractivity contribution is 5.88. The van der Waals surface area contributed by atoms with Crippen LogP contribution >= 0.6 is 0 Å². The van der Waals surface area contributed by atoms with Crippen LogP contribution in [0.25, 0.3) is 21.8 Å². The molecule has 3 aromatic carbocycles. The summed E-state index contributed by atoms with van der Waals surface area (Å²) in [4.78, 5) is 4.82. The maximum absolute atomic E-state index is 10.5. The van der Waals surface area contributed by atoms with Gasteiger partial charge in [-0.15, -0.1) is 0 Å². The van der Waals surface area contributed by atoms with Gasteiger partial charge in [-0.3, -0.25) is 0 Å². The van der Waals surface area contributed by atoms with Crippen molar-refractivity contribution < 1.29 is 5.11 Å². The smallest absolute Gasteiger partial charge is 0.204 e. The summed E-state index contributed by atoms with van der Waals surface area (Å²) < 4.78 is 2.28. The summed E-state index contributed by atoms with van der Waals surface area (Å²) in [6, 6.07) is 20.2. The third-order valence-electron chi connectivity index (χ3n) is 5.58. The van der Waals surface area contributed by atoms with Gasteiger partial charge in [-0.2, -0.15) is 0 Å². The van der Waals surface area contributed by atoms with Crippen LogP contribution in [0.1, 0.15) is 44.6 Å². The van der Waals surface area contributed by atoms with E-state index in [1.54, 1.807) is 6.07 Å². The Morgan fingerprint density at radius 3 is 2.59 bits per heavy atom. The van der Waals surface area contributed by atoms with Gasteiger partial charge in [-0.1, -0.05) is 75.1 Å². The van der Waals surface area contributed by atoms with Gasteiger partial charge < -0.3 is 15.0 Å². The van der Waals surface area contributed by atoms with E-state index in [0.29, 0.717) is 12.3 Å². The number of aryl methyl sites for hydroxylation is 1. The van der Waals surface area contributed by atoms with E-state index in [4.69, 9.17) is 4.98 Å². The van der Waals surface area contributed by atoms with Gasteiger partial charge in [0.2, 0.25) is 5.95 Å². The Bertz CT molecular complexity index is 1100. The fraction of sp³-hybridized carbons (Fsp3) is 0.320. The number of hydrogen-bond donors (Lipinski definition) is 2. The summed E-state index contributed by atoms with van der Waals surface area (Å²) in [7, 11) is 0. The van der Waals surface area contributed by atoms with Crippen LogP contribution in [0, 0.1) is 0 Å². The number of aromatic hydroxyl groups is 1. The predicted octanol–water partition coefficient (Wildman–Crippen LogP) is 6.48. The van der Waals surface area contributed by atoms with Gasteiger partial charge in [0.1, 0.15) is 5.75 Å². The minimum atomic E-state index is 0.318. The molecule has 0 amide bonds. The Labute approximate surface area is 172 Å². The lowest BCUT2D eigenvalue weighted by atomic mass is 10.0. The number of unbranched alkanes of at least 4 members (excludes halogenated alkanes) is 4. The molecule has 0 saturated heterocycles. The summed E-state index contributed by atoms with van der Waals surface area (Å²) >= 11 is 0. The van der Waals surface area contributed by atoms with Gasteiger partial charge in [0.25, 0.3) is 0 Å². The molecule has 0 fully saturated rings. The maximum atomic E-state index is 10.5. The van der Waals surface area contributed by atoms with E-state index in [9.17, 15) is 5.11 Å². The molecule has 0 bridgehead atoms. The second-order valence-electron chi connectivity index (χ2n) is 7.63. The highest BCUT2D eigenvalue weighted by Gasteiger charge is 2.12. The summed E-state index contributed by atoms with van der Waals surface area (Å²) in [6.07, 6.45) is 6.24. The van der Waals surface area contributed by atoms with Crippen molar-refractivity contribution in [2.24, 2.45) is 0 Å². The van der Waals surface area contributed by atoms with Crippen molar-refractivity contribution in [3.8, 4) is 5.75 Å². The first kappa shape index (κ1) is 19.3. The molecule has 0 radical (unpaired) electrons. The fourth-order valence-electron chi connectivity index (χ4n) is 3.99. The zero-order valence-corrected chi connectivity index (χ0v) is 17.1. The molecule has 29 heavy (non-hydrogen) atoms. The molecular formula is C25H29N3O. The van der Waals surface area contributed by atoms with Crippen molar-refractivity contribution in [2.45, 2.75) is 52.1 Å². The number of para-hydroxylation sites is 2. The van der Waals surface area contributed by atoms with E-state index in [1.807, 2.05) is 24.3 Å². The molecule has 0 aliphatic carbocycles. The van der Waals surface area contributed by atoms with Crippen LogP contribution in [0.2, 0.25) is 0 Å². The number of hydrogen-bond acceptors (Lipinski definition) is 3. The Balaban J connectivity index is 1.58. The van der Waals surface area contributed by atoms with Crippen LogP contribution in [0.15, 0.2) is 60.7 Å². The standard InChI is InChI=1S/C25H29N3O/c1-2-3-4-5-10-17-28-23-14-9-8-13-22(23)27-25(28)26-18-21-20-12-7-6-11-19(20)15-16-24(21)29/h6-9,11-16,29H,2-5,10,17-18H2,1H3,(H,26,27). The van der Waals surface area contributed by atoms with Crippen molar-refractivity contribution in [3.05, 3.63) is 66.2 Å². The number of fused-ring (bicyclic) bond motifs is 2. The van der Waals surface area contributed by atoms with Crippen molar-refractivity contribution in [3.63, 3.8) is 0 Å². The molecule has 4 nitrogen and oxygen atoms in total. The zero-order valence-electron chi connectivity index (χ0n) is 17.1. The average molecular weight is 388 g/mol. The van der Waals surface area contributed by atoms with E-state index in [-0.39, 0.29) is 0 Å². The molecule has 1 heterocycles. The van der Waals surface area contributed by atoms with Crippen molar-refractivity contribution in [1.82, 2.24) is 9.55 Å². The van der Waals surface area contributed by atoms with Crippen LogP contribution in [0.5, 0.6) is 5.75 Å². The van der Waals surface area contributed by atoms with E-state index in [1.165, 1.54) is 25.7 Å². The molecule has 4 heteroatoms. The number of anilines is 1. The Morgan fingerprint density at radius 2 is 1.69 bits per heavy atom. The molecule has 0 aliphatic heterocycles. The first-order chi connectivity index (χ1) is 14.3. The van der Waals surface area contributed by atoms with E-state index in [0.717, 1.165) is 46.3 Å². The van der Waals surface area contributed by atoms with E-state index < -0.39 is 0 Å². The van der Waals surface area contributed by atoms with Gasteiger partial charge in [0.05, 0.1) is 11.0 Å². The van der Waals surface area contributed by atoms with Gasteiger partial charge >= 0.3 is 0 Å². The molecule has 4 aromatic rings. The van der Waals surface area contributed by atoms with E-state index in [2.05, 4.69) is 47.1 Å². The summed E-state index contributed by atoms with van der Waals surface area (Å²) in [5.74, 6) is 1.19. The topological polar surface area (TPSA) is 50.1 Å². The first-order valence-corrected chi connectivity index (χ1v) is 10.7. The Hall–Kier alpha value is -3.01. The van der Waals surface area contributed by atoms with Crippen LogP contribution in [0.3, 0.4) is 0 Å². The molecule has 0 saturated carbocycles. The number of phenols is 1. The van der Waals surface area contributed by atoms with Crippen molar-refractivity contribution >= 4 is 27.8 Å². The van der Waals surface area contributed by atoms with Gasteiger partial charge in [-0.25, -0.2) is 4.98 Å². The lowest BCUT2D eigenvalue weighted by Crippen LogP contribution is -2.08. The number of nitrogens with one attached hydrogen (secondary N) is 1. The molecule has 2 N–H and O–H groups in total. The molecule has 4 rings (SSSR count). The van der Waals surface area contributed by atoms with Gasteiger partial charge in [0, 0.05) is 18.7 Å². The van der Waals surface area contributed by atoms with E-state index >= 15 is 0 Å². The third-order valence-corrected chi connectivity index (χ3v) is 5.58. The highest BCUT2D eigenvalue weighted by atomic mass is 16.3. The molecule has 0 spiro atoms. The quantitative estimate of drug-likeness (QED) is 0.323. The molecule has 0 aliphatic rings. The highest BCUT2D eigenvalue weighted by Crippen LogP contribution is 2.28. The zero-order chi connectivity index (χ0) is 20.1. The largest absolute Gasteiger partial charge is 0.508 e. The number of phenolic OH excluding ortho intramolecular Hbond substituents is 1. The molecule has 150 valence electrons. The minimum Gasteiger partial charge on any atom is -0.508 e. The summed E-state index contributed by atoms with van der Waals surface area (Å²) in [5.41, 5.74) is 3.07. The van der Waals surface area contributed by atoms with Crippen LogP contribution in [-0.2, 0) is 13.1 Å². The monoisotopic (exact) mass is 387 g/mol. The molecular weight excluding hydrogens is 358 g/mol. The second-order valence-corrected chi connectivity index (χ2v) is 7.63. The number of nitrogens with zero attached hydrogens (tertiary/aromatic N) is 2. The summed E-state index contributed by atoms with van der Waals surface area (Å²) in [5, 5.41) is 16.2. The normalized spacial score (nSPS) is 11.3. The van der Waals surface area contributed by atoms with Crippen molar-refractivity contribution in [1.29, 1.82) is 0 Å². The minimum absolute atomic E-state index is 0.318. The van der Waals surface area contributed by atoms with Crippen LogP contribution in [0.4, 0.5) is 5.95 Å². The van der Waals surface area contributed by atoms with Crippen molar-refractivity contribution in [2.75, 3.05) is 5.32 Å². The number of imidazole rings is 1. The second kappa shape index (κ2) is 8.99. The van der Waals surface area contributed by atoms with Gasteiger partial charge in [-0.05, 0) is 35.4 Å². The number of benzene rings is 3. The van der Waals surface area contributed by atoms with Crippen LogP contribution in [-0.4, -0.2) is 14.7 Å². The van der Waals surface area contributed by atoms with Crippen LogP contribution < -0.4 is 5.32 Å². The third kappa shape index (κ3) is 4.21. The fourth-order valence-corrected chi connectivity index (χ4v) is 3.99. The molecule has 1 aromatic heterocycles. The Kier molecular flexibility index (Phi) is 5.99.